The molecule has 0 aliphatic heterocycles. The van der Waals surface area contributed by atoms with Crippen LogP contribution in [0.5, 0.6) is 0 Å². The van der Waals surface area contributed by atoms with Gasteiger partial charge in [0.15, 0.2) is 0 Å². The molecule has 0 spiro atoms. The number of nitrogens with one attached hydrogen (secondary N) is 1. The summed E-state index contributed by atoms with van der Waals surface area (Å²) < 4.78 is 0.990. The summed E-state index contributed by atoms with van der Waals surface area (Å²) in [5.74, 6) is -1.45. The van der Waals surface area contributed by atoms with Gasteiger partial charge in [0.05, 0.1) is 5.92 Å². The fraction of sp³-hybridized carbons (Fsp3) is 0.429. The summed E-state index contributed by atoms with van der Waals surface area (Å²) in [5.41, 5.74) is 0.585. The number of carboxylic acid groups (broad SMARTS) is 1. The van der Waals surface area contributed by atoms with Crippen LogP contribution in [-0.2, 0) is 4.79 Å². The molecule has 2 atom stereocenters. The van der Waals surface area contributed by atoms with Crippen molar-refractivity contribution in [1.82, 2.24) is 5.32 Å². The maximum absolute atomic E-state index is 12.1. The number of carbonyl (C=O) groups excluding carboxylic acids is 1. The normalized spacial score (nSPS) is 22.8. The molecule has 0 saturated heterocycles. The number of amides is 1. The summed E-state index contributed by atoms with van der Waals surface area (Å²) >= 11 is 2.15. The Labute approximate surface area is 125 Å². The van der Waals surface area contributed by atoms with Crippen LogP contribution in [0.2, 0.25) is 0 Å². The minimum absolute atomic E-state index is 0.184. The van der Waals surface area contributed by atoms with E-state index < -0.39 is 11.9 Å². The Kier molecular flexibility index (Phi) is 4.79. The van der Waals surface area contributed by atoms with Crippen LogP contribution >= 0.6 is 22.6 Å². The lowest BCUT2D eigenvalue weighted by Crippen LogP contribution is -2.45. The Hall–Kier alpha value is -1.11. The minimum atomic E-state index is -0.812. The van der Waals surface area contributed by atoms with Crippen molar-refractivity contribution in [3.05, 3.63) is 33.4 Å². The predicted molar refractivity (Wildman–Crippen MR) is 80.0 cm³/mol. The van der Waals surface area contributed by atoms with Crippen LogP contribution < -0.4 is 5.32 Å². The molecule has 1 aromatic rings. The second kappa shape index (κ2) is 6.36. The number of benzene rings is 1. The highest BCUT2D eigenvalue weighted by atomic mass is 127. The van der Waals surface area contributed by atoms with E-state index in [2.05, 4.69) is 27.9 Å². The molecule has 2 rings (SSSR count). The van der Waals surface area contributed by atoms with E-state index in [9.17, 15) is 14.7 Å². The summed E-state index contributed by atoms with van der Waals surface area (Å²) in [6.07, 6.45) is 3.28. The van der Waals surface area contributed by atoms with Gasteiger partial charge in [-0.1, -0.05) is 18.9 Å². The van der Waals surface area contributed by atoms with E-state index in [1.807, 2.05) is 12.1 Å². The molecule has 0 radical (unpaired) electrons. The van der Waals surface area contributed by atoms with Crippen LogP contribution in [0.15, 0.2) is 24.3 Å². The molecule has 1 amide bonds. The second-order valence-corrected chi connectivity index (χ2v) is 6.07. The maximum atomic E-state index is 12.1. The quantitative estimate of drug-likeness (QED) is 0.801. The van der Waals surface area contributed by atoms with Crippen molar-refractivity contribution >= 4 is 34.5 Å². The van der Waals surface area contributed by atoms with Gasteiger partial charge < -0.3 is 10.4 Å². The third-order valence-corrected chi connectivity index (χ3v) is 4.16. The summed E-state index contributed by atoms with van der Waals surface area (Å²) in [6.45, 7) is 0. The minimum Gasteiger partial charge on any atom is -0.481 e. The Morgan fingerprint density at radius 2 is 2.00 bits per heavy atom. The van der Waals surface area contributed by atoms with Crippen molar-refractivity contribution in [2.75, 3.05) is 0 Å². The Bertz CT molecular complexity index is 489. The fourth-order valence-corrected chi connectivity index (χ4v) is 3.02. The van der Waals surface area contributed by atoms with Gasteiger partial charge in [0.1, 0.15) is 0 Å². The molecule has 0 bridgehead atoms. The first-order chi connectivity index (χ1) is 9.08. The average Bonchev–Trinajstić information content (AvgIpc) is 2.39. The summed E-state index contributed by atoms with van der Waals surface area (Å²) in [5, 5.41) is 12.1. The molecule has 1 aromatic carbocycles. The van der Waals surface area contributed by atoms with Crippen LogP contribution in [0.3, 0.4) is 0 Å². The van der Waals surface area contributed by atoms with E-state index in [0.717, 1.165) is 22.8 Å². The number of halogens is 1. The average molecular weight is 373 g/mol. The van der Waals surface area contributed by atoms with Crippen LogP contribution in [-0.4, -0.2) is 23.0 Å². The van der Waals surface area contributed by atoms with Gasteiger partial charge in [-0.2, -0.15) is 0 Å². The SMILES string of the molecule is O=C(NC1CCCCC1C(=O)O)c1cccc(I)c1. The monoisotopic (exact) mass is 373 g/mol. The van der Waals surface area contributed by atoms with Crippen molar-refractivity contribution in [3.8, 4) is 0 Å². The number of rotatable bonds is 3. The number of aliphatic carboxylic acids is 1. The lowest BCUT2D eigenvalue weighted by atomic mass is 9.84. The lowest BCUT2D eigenvalue weighted by Gasteiger charge is -2.29. The lowest BCUT2D eigenvalue weighted by molar-refractivity contribution is -0.143. The Balaban J connectivity index is 2.07. The maximum Gasteiger partial charge on any atom is 0.308 e. The van der Waals surface area contributed by atoms with E-state index in [1.54, 1.807) is 12.1 Å². The van der Waals surface area contributed by atoms with Gasteiger partial charge >= 0.3 is 5.97 Å². The number of carboxylic acids is 1. The van der Waals surface area contributed by atoms with Gasteiger partial charge in [-0.05, 0) is 53.6 Å². The van der Waals surface area contributed by atoms with E-state index in [0.29, 0.717) is 12.0 Å². The first-order valence-electron chi connectivity index (χ1n) is 6.37. The summed E-state index contributed by atoms with van der Waals surface area (Å²) in [6, 6.07) is 7.03. The largest absolute Gasteiger partial charge is 0.481 e. The fourth-order valence-electron chi connectivity index (χ4n) is 2.48. The molecular formula is C14H16INO3. The van der Waals surface area contributed by atoms with Gasteiger partial charge in [0, 0.05) is 15.2 Å². The molecule has 1 aliphatic carbocycles. The molecule has 102 valence electrons. The van der Waals surface area contributed by atoms with E-state index in [1.165, 1.54) is 0 Å². The predicted octanol–water partition coefficient (Wildman–Crippen LogP) is 2.66. The molecule has 0 aromatic heterocycles. The van der Waals surface area contributed by atoms with E-state index >= 15 is 0 Å². The molecular weight excluding hydrogens is 357 g/mol. The van der Waals surface area contributed by atoms with Gasteiger partial charge in [-0.3, -0.25) is 9.59 Å². The van der Waals surface area contributed by atoms with Gasteiger partial charge in [-0.15, -0.1) is 0 Å². The van der Waals surface area contributed by atoms with Crippen molar-refractivity contribution in [1.29, 1.82) is 0 Å². The zero-order valence-corrected chi connectivity index (χ0v) is 12.6. The summed E-state index contributed by atoms with van der Waals surface area (Å²) in [4.78, 5) is 23.3. The molecule has 1 saturated carbocycles. The number of carbonyl (C=O) groups is 2. The molecule has 2 N–H and O–H groups in total. The highest BCUT2D eigenvalue weighted by Gasteiger charge is 2.31. The van der Waals surface area contributed by atoms with Crippen LogP contribution in [0.1, 0.15) is 36.0 Å². The molecule has 4 nitrogen and oxygen atoms in total. The van der Waals surface area contributed by atoms with Crippen molar-refractivity contribution in [2.24, 2.45) is 5.92 Å². The third kappa shape index (κ3) is 3.68. The molecule has 2 unspecified atom stereocenters. The van der Waals surface area contributed by atoms with Gasteiger partial charge in [0.2, 0.25) is 0 Å². The molecule has 1 aliphatic rings. The zero-order valence-electron chi connectivity index (χ0n) is 10.4. The molecule has 1 fully saturated rings. The highest BCUT2D eigenvalue weighted by Crippen LogP contribution is 2.25. The van der Waals surface area contributed by atoms with Crippen molar-refractivity contribution in [3.63, 3.8) is 0 Å². The van der Waals surface area contributed by atoms with E-state index in [-0.39, 0.29) is 11.9 Å². The topological polar surface area (TPSA) is 66.4 Å². The van der Waals surface area contributed by atoms with Gasteiger partial charge in [-0.25, -0.2) is 0 Å². The first kappa shape index (κ1) is 14.3. The smallest absolute Gasteiger partial charge is 0.308 e. The van der Waals surface area contributed by atoms with Crippen molar-refractivity contribution in [2.45, 2.75) is 31.7 Å². The Morgan fingerprint density at radius 1 is 1.26 bits per heavy atom. The number of hydrogen-bond donors (Lipinski definition) is 2. The first-order valence-corrected chi connectivity index (χ1v) is 7.45. The summed E-state index contributed by atoms with van der Waals surface area (Å²) in [7, 11) is 0. The van der Waals surface area contributed by atoms with Crippen LogP contribution in [0.25, 0.3) is 0 Å². The van der Waals surface area contributed by atoms with Crippen molar-refractivity contribution < 1.29 is 14.7 Å². The zero-order chi connectivity index (χ0) is 13.8. The van der Waals surface area contributed by atoms with E-state index in [4.69, 9.17) is 0 Å². The molecule has 0 heterocycles. The highest BCUT2D eigenvalue weighted by molar-refractivity contribution is 14.1. The Morgan fingerprint density at radius 3 is 2.68 bits per heavy atom. The van der Waals surface area contributed by atoms with Gasteiger partial charge in [0.25, 0.3) is 5.91 Å². The standard InChI is InChI=1S/C14H16INO3/c15-10-5-3-4-9(8-10)13(17)16-12-7-2-1-6-11(12)14(18)19/h3-5,8,11-12H,1-2,6-7H2,(H,16,17)(H,18,19). The molecule has 19 heavy (non-hydrogen) atoms. The number of hydrogen-bond acceptors (Lipinski definition) is 2. The second-order valence-electron chi connectivity index (χ2n) is 4.82. The molecule has 5 heteroatoms. The van der Waals surface area contributed by atoms with Crippen LogP contribution in [0.4, 0.5) is 0 Å². The third-order valence-electron chi connectivity index (χ3n) is 3.49. The van der Waals surface area contributed by atoms with Crippen LogP contribution in [0, 0.1) is 9.49 Å².